The average molecular weight is 482 g/mol. The molecular weight excluding hydrogens is 461 g/mol. The van der Waals surface area contributed by atoms with Crippen LogP contribution in [0.5, 0.6) is 0 Å². The van der Waals surface area contributed by atoms with Crippen molar-refractivity contribution in [3.63, 3.8) is 0 Å². The number of rotatable bonds is 5. The van der Waals surface area contributed by atoms with Crippen molar-refractivity contribution >= 4 is 16.1 Å². The van der Waals surface area contributed by atoms with Gasteiger partial charge in [-0.2, -0.15) is 12.8 Å². The van der Waals surface area contributed by atoms with Crippen molar-refractivity contribution in [3.05, 3.63) is 66.0 Å². The van der Waals surface area contributed by atoms with Crippen LogP contribution >= 0.6 is 0 Å². The molecule has 0 saturated carbocycles. The lowest BCUT2D eigenvalue weighted by Gasteiger charge is -2.24. The van der Waals surface area contributed by atoms with Gasteiger partial charge in [-0.15, -0.1) is 0 Å². The first-order valence-electron chi connectivity index (χ1n) is 9.63. The van der Waals surface area contributed by atoms with Gasteiger partial charge in [0.05, 0.1) is 18.3 Å². The summed E-state index contributed by atoms with van der Waals surface area (Å²) in [6.45, 7) is 4.58. The molecule has 1 amide bonds. The van der Waals surface area contributed by atoms with Crippen LogP contribution in [0.3, 0.4) is 0 Å². The minimum atomic E-state index is -4.57. The standard InChI is InChI=1S/C21H21F3N4O4S/c1-21(2,3)32-20(29)27(4)11-13-12-28(33(30,31)16-8-7-14(22)10-26-16)18(17(13)23)15-6-5-9-25-19(15)24/h5-10,12H,11H2,1-4H3. The summed E-state index contributed by atoms with van der Waals surface area (Å²) in [6, 6.07) is 4.25. The molecular formula is C21H21F3N4O4S. The fraction of sp³-hybridized carbons (Fsp3) is 0.286. The summed E-state index contributed by atoms with van der Waals surface area (Å²) >= 11 is 0. The summed E-state index contributed by atoms with van der Waals surface area (Å²) in [5.41, 5.74) is -2.10. The summed E-state index contributed by atoms with van der Waals surface area (Å²) in [4.78, 5) is 20.3. The van der Waals surface area contributed by atoms with Crippen LogP contribution in [0.2, 0.25) is 0 Å². The number of pyridine rings is 2. The maximum absolute atomic E-state index is 15.5. The van der Waals surface area contributed by atoms with Gasteiger partial charge in [0.1, 0.15) is 17.1 Å². The van der Waals surface area contributed by atoms with Crippen LogP contribution in [0.1, 0.15) is 26.3 Å². The molecule has 0 spiro atoms. The quantitative estimate of drug-likeness (QED) is 0.511. The summed E-state index contributed by atoms with van der Waals surface area (Å²) in [5.74, 6) is -2.96. The Kier molecular flexibility index (Phi) is 6.50. The van der Waals surface area contributed by atoms with Gasteiger partial charge in [-0.3, -0.25) is 0 Å². The first-order valence-corrected chi connectivity index (χ1v) is 11.1. The average Bonchev–Trinajstić information content (AvgIpc) is 3.04. The van der Waals surface area contributed by atoms with Crippen LogP contribution in [0.15, 0.2) is 47.9 Å². The molecule has 0 aromatic carbocycles. The molecule has 3 aromatic heterocycles. The topological polar surface area (TPSA) is 94.4 Å². The van der Waals surface area contributed by atoms with E-state index < -0.39 is 55.6 Å². The summed E-state index contributed by atoms with van der Waals surface area (Å²) in [5, 5.41) is -0.587. The zero-order chi connectivity index (χ0) is 24.6. The molecule has 0 aliphatic heterocycles. The zero-order valence-electron chi connectivity index (χ0n) is 18.2. The molecule has 0 fully saturated rings. The van der Waals surface area contributed by atoms with Crippen LogP contribution in [-0.2, 0) is 21.3 Å². The van der Waals surface area contributed by atoms with E-state index in [1.807, 2.05) is 0 Å². The highest BCUT2D eigenvalue weighted by Crippen LogP contribution is 2.32. The Labute approximate surface area is 188 Å². The molecule has 33 heavy (non-hydrogen) atoms. The Bertz CT molecular complexity index is 1290. The first kappa shape index (κ1) is 24.2. The smallest absolute Gasteiger partial charge is 0.410 e. The molecule has 8 nitrogen and oxygen atoms in total. The van der Waals surface area contributed by atoms with E-state index in [1.54, 1.807) is 20.8 Å². The number of nitrogens with zero attached hydrogens (tertiary/aromatic N) is 4. The Hall–Kier alpha value is -3.41. The maximum Gasteiger partial charge on any atom is 0.410 e. The maximum atomic E-state index is 15.5. The monoisotopic (exact) mass is 482 g/mol. The molecule has 0 aliphatic carbocycles. The molecule has 0 N–H and O–H groups in total. The normalized spacial score (nSPS) is 12.0. The zero-order valence-corrected chi connectivity index (χ0v) is 19.0. The highest BCUT2D eigenvalue weighted by molar-refractivity contribution is 7.90. The van der Waals surface area contributed by atoms with E-state index in [0.29, 0.717) is 10.2 Å². The number of aromatic nitrogens is 3. The lowest BCUT2D eigenvalue weighted by molar-refractivity contribution is 0.0284. The second-order valence-electron chi connectivity index (χ2n) is 8.11. The van der Waals surface area contributed by atoms with Crippen molar-refractivity contribution in [2.75, 3.05) is 7.05 Å². The number of hydrogen-bond donors (Lipinski definition) is 0. The van der Waals surface area contributed by atoms with Gasteiger partial charge in [0, 0.05) is 25.0 Å². The summed E-state index contributed by atoms with van der Waals surface area (Å²) in [7, 11) is -3.23. The fourth-order valence-electron chi connectivity index (χ4n) is 2.89. The molecule has 3 rings (SSSR count). The van der Waals surface area contributed by atoms with Crippen LogP contribution in [-0.4, -0.2) is 46.0 Å². The predicted molar refractivity (Wildman–Crippen MR) is 112 cm³/mol. The van der Waals surface area contributed by atoms with Crippen molar-refractivity contribution < 1.29 is 31.1 Å². The Balaban J connectivity index is 2.14. The molecule has 0 aliphatic rings. The van der Waals surface area contributed by atoms with Gasteiger partial charge >= 0.3 is 6.09 Å². The van der Waals surface area contributed by atoms with E-state index in [9.17, 15) is 22.0 Å². The number of amides is 1. The van der Waals surface area contributed by atoms with E-state index in [0.717, 1.165) is 35.5 Å². The third kappa shape index (κ3) is 5.16. The third-order valence-corrected chi connectivity index (χ3v) is 5.91. The van der Waals surface area contributed by atoms with Gasteiger partial charge in [-0.05, 0) is 45.0 Å². The number of carbonyl (C=O) groups excluding carboxylic acids is 1. The Morgan fingerprint density at radius 3 is 2.42 bits per heavy atom. The van der Waals surface area contributed by atoms with Crippen molar-refractivity contribution in [1.29, 1.82) is 0 Å². The van der Waals surface area contributed by atoms with Crippen molar-refractivity contribution in [1.82, 2.24) is 18.8 Å². The number of carbonyl (C=O) groups is 1. The van der Waals surface area contributed by atoms with E-state index in [4.69, 9.17) is 4.74 Å². The highest BCUT2D eigenvalue weighted by atomic mass is 32.2. The Morgan fingerprint density at radius 1 is 1.15 bits per heavy atom. The van der Waals surface area contributed by atoms with Crippen LogP contribution in [0.4, 0.5) is 18.0 Å². The lowest BCUT2D eigenvalue weighted by atomic mass is 10.1. The second kappa shape index (κ2) is 8.85. The van der Waals surface area contributed by atoms with E-state index >= 15 is 4.39 Å². The van der Waals surface area contributed by atoms with Gasteiger partial charge in [-0.1, -0.05) is 0 Å². The van der Waals surface area contributed by atoms with Gasteiger partial charge in [-0.25, -0.2) is 27.5 Å². The largest absolute Gasteiger partial charge is 0.444 e. The van der Waals surface area contributed by atoms with E-state index in [1.165, 1.54) is 13.1 Å². The van der Waals surface area contributed by atoms with Crippen LogP contribution in [0.25, 0.3) is 11.3 Å². The fourth-order valence-corrected chi connectivity index (χ4v) is 4.20. The molecule has 0 saturated heterocycles. The number of ether oxygens (including phenoxy) is 1. The molecule has 0 atom stereocenters. The van der Waals surface area contributed by atoms with E-state index in [-0.39, 0.29) is 12.1 Å². The molecule has 12 heteroatoms. The Morgan fingerprint density at radius 2 is 1.85 bits per heavy atom. The molecule has 176 valence electrons. The molecule has 3 heterocycles. The minimum absolute atomic E-state index is 0.229. The van der Waals surface area contributed by atoms with Crippen molar-refractivity contribution in [3.8, 4) is 11.3 Å². The van der Waals surface area contributed by atoms with Gasteiger partial charge in [0.15, 0.2) is 10.8 Å². The first-order chi connectivity index (χ1) is 15.3. The molecule has 0 unspecified atom stereocenters. The molecule has 0 radical (unpaired) electrons. The summed E-state index contributed by atoms with van der Waals surface area (Å²) in [6.07, 6.45) is 1.95. The van der Waals surface area contributed by atoms with Gasteiger partial charge < -0.3 is 9.64 Å². The van der Waals surface area contributed by atoms with Crippen molar-refractivity contribution in [2.45, 2.75) is 37.9 Å². The van der Waals surface area contributed by atoms with Crippen molar-refractivity contribution in [2.24, 2.45) is 0 Å². The number of hydrogen-bond acceptors (Lipinski definition) is 6. The molecule has 0 bridgehead atoms. The SMILES string of the molecule is CN(Cc1cn(S(=O)(=O)c2ccc(F)cn2)c(-c2cccnc2F)c1F)C(=O)OC(C)(C)C. The highest BCUT2D eigenvalue weighted by Gasteiger charge is 2.30. The van der Waals surface area contributed by atoms with Gasteiger partial charge in [0.25, 0.3) is 10.0 Å². The van der Waals surface area contributed by atoms with E-state index in [2.05, 4.69) is 9.97 Å². The number of halogens is 3. The third-order valence-electron chi connectivity index (χ3n) is 4.33. The van der Waals surface area contributed by atoms with Crippen LogP contribution < -0.4 is 0 Å². The predicted octanol–water partition coefficient (Wildman–Crippen LogP) is 3.97. The van der Waals surface area contributed by atoms with Crippen LogP contribution in [0, 0.1) is 17.6 Å². The molecule has 3 aromatic rings. The minimum Gasteiger partial charge on any atom is -0.444 e. The second-order valence-corrected chi connectivity index (χ2v) is 9.87. The van der Waals surface area contributed by atoms with Gasteiger partial charge in [0.2, 0.25) is 5.95 Å². The lowest BCUT2D eigenvalue weighted by Crippen LogP contribution is -2.33. The summed E-state index contributed by atoms with van der Waals surface area (Å²) < 4.78 is 75.3.